The van der Waals surface area contributed by atoms with Crippen molar-refractivity contribution < 1.29 is 0 Å². The van der Waals surface area contributed by atoms with Gasteiger partial charge in [-0.1, -0.05) is 29.8 Å². The molecule has 2 heterocycles. The topological polar surface area (TPSA) is 28.2 Å². The zero-order valence-corrected chi connectivity index (χ0v) is 12.9. The summed E-state index contributed by atoms with van der Waals surface area (Å²) in [5.41, 5.74) is 3.69. The summed E-state index contributed by atoms with van der Waals surface area (Å²) >= 11 is 1.74. The fraction of sp³-hybridized carbons (Fsp3) is 0.438. The molecule has 2 aromatic rings. The van der Waals surface area contributed by atoms with E-state index in [2.05, 4.69) is 53.8 Å². The summed E-state index contributed by atoms with van der Waals surface area (Å²) in [6.45, 7) is 5.29. The van der Waals surface area contributed by atoms with E-state index < -0.39 is 0 Å². The van der Waals surface area contributed by atoms with E-state index in [1.54, 1.807) is 11.3 Å². The van der Waals surface area contributed by atoms with Crippen molar-refractivity contribution in [3.05, 3.63) is 40.9 Å². The van der Waals surface area contributed by atoms with E-state index in [0.29, 0.717) is 6.04 Å². The lowest BCUT2D eigenvalue weighted by atomic mass is 10.2. The summed E-state index contributed by atoms with van der Waals surface area (Å²) in [7, 11) is 2.20. The van der Waals surface area contributed by atoms with Crippen LogP contribution >= 0.6 is 11.3 Å². The van der Waals surface area contributed by atoms with Crippen LogP contribution in [0.4, 0.5) is 0 Å². The van der Waals surface area contributed by atoms with Gasteiger partial charge in [-0.15, -0.1) is 11.3 Å². The maximum Gasteiger partial charge on any atom is 0.123 e. The van der Waals surface area contributed by atoms with Gasteiger partial charge in [0.05, 0.1) is 5.69 Å². The monoisotopic (exact) mass is 287 g/mol. The quantitative estimate of drug-likeness (QED) is 0.937. The van der Waals surface area contributed by atoms with Gasteiger partial charge in [-0.2, -0.15) is 0 Å². The van der Waals surface area contributed by atoms with Crippen molar-refractivity contribution in [3.63, 3.8) is 0 Å². The lowest BCUT2D eigenvalue weighted by molar-refractivity contribution is 0.246. The van der Waals surface area contributed by atoms with Crippen molar-refractivity contribution in [2.75, 3.05) is 20.1 Å². The molecule has 1 fully saturated rings. The van der Waals surface area contributed by atoms with Crippen LogP contribution in [0.25, 0.3) is 10.6 Å². The predicted octanol–water partition coefficient (Wildman–Crippen LogP) is 2.91. The standard InChI is InChI=1S/C16H21N3S/c1-12-3-5-13(6-4-12)16-18-14(11-20-16)10-19(2)15-7-8-17-9-15/h3-6,11,15,17H,7-10H2,1-2H3. The molecule has 0 radical (unpaired) electrons. The summed E-state index contributed by atoms with van der Waals surface area (Å²) in [5, 5.41) is 6.73. The lowest BCUT2D eigenvalue weighted by Gasteiger charge is -2.22. The van der Waals surface area contributed by atoms with Crippen LogP contribution in [0.5, 0.6) is 0 Å². The van der Waals surface area contributed by atoms with Gasteiger partial charge in [0.15, 0.2) is 0 Å². The van der Waals surface area contributed by atoms with Crippen LogP contribution in [0.2, 0.25) is 0 Å². The van der Waals surface area contributed by atoms with Gasteiger partial charge in [0.1, 0.15) is 5.01 Å². The molecule has 0 amide bonds. The Morgan fingerprint density at radius 2 is 2.15 bits per heavy atom. The fourth-order valence-corrected chi connectivity index (χ4v) is 3.43. The summed E-state index contributed by atoms with van der Waals surface area (Å²) in [4.78, 5) is 7.19. The molecule has 1 unspecified atom stereocenters. The molecule has 1 aliphatic rings. The fourth-order valence-electron chi connectivity index (χ4n) is 2.61. The first-order valence-electron chi connectivity index (χ1n) is 7.15. The molecule has 3 rings (SSSR count). The molecule has 0 bridgehead atoms. The third-order valence-electron chi connectivity index (χ3n) is 3.92. The normalized spacial score (nSPS) is 18.9. The number of aromatic nitrogens is 1. The van der Waals surface area contributed by atoms with E-state index in [0.717, 1.165) is 24.6 Å². The largest absolute Gasteiger partial charge is 0.315 e. The van der Waals surface area contributed by atoms with Gasteiger partial charge in [-0.25, -0.2) is 4.98 Å². The Labute approximate surface area is 124 Å². The Morgan fingerprint density at radius 3 is 2.85 bits per heavy atom. The second kappa shape index (κ2) is 6.04. The number of hydrogen-bond acceptors (Lipinski definition) is 4. The molecule has 1 atom stereocenters. The smallest absolute Gasteiger partial charge is 0.123 e. The number of hydrogen-bond donors (Lipinski definition) is 1. The molecule has 0 saturated carbocycles. The van der Waals surface area contributed by atoms with Crippen molar-refractivity contribution in [2.45, 2.75) is 25.9 Å². The molecule has 1 aromatic heterocycles. The minimum absolute atomic E-state index is 0.652. The zero-order valence-electron chi connectivity index (χ0n) is 12.1. The molecule has 0 aliphatic carbocycles. The van der Waals surface area contributed by atoms with Crippen molar-refractivity contribution in [2.24, 2.45) is 0 Å². The molecule has 3 nitrogen and oxygen atoms in total. The Balaban J connectivity index is 1.68. The summed E-state index contributed by atoms with van der Waals surface area (Å²) in [5.74, 6) is 0. The second-order valence-corrected chi connectivity index (χ2v) is 6.43. The summed E-state index contributed by atoms with van der Waals surface area (Å²) in [6, 6.07) is 9.25. The maximum atomic E-state index is 4.78. The van der Waals surface area contributed by atoms with Crippen LogP contribution in [-0.4, -0.2) is 36.1 Å². The van der Waals surface area contributed by atoms with Gasteiger partial charge in [0.25, 0.3) is 0 Å². The van der Waals surface area contributed by atoms with E-state index in [4.69, 9.17) is 4.98 Å². The van der Waals surface area contributed by atoms with Crippen LogP contribution in [0.3, 0.4) is 0 Å². The van der Waals surface area contributed by atoms with Gasteiger partial charge in [-0.3, -0.25) is 4.90 Å². The minimum Gasteiger partial charge on any atom is -0.315 e. The SMILES string of the molecule is Cc1ccc(-c2nc(CN(C)C3CCNC3)cs2)cc1. The average molecular weight is 287 g/mol. The highest BCUT2D eigenvalue weighted by molar-refractivity contribution is 7.13. The van der Waals surface area contributed by atoms with Crippen molar-refractivity contribution >= 4 is 11.3 Å². The molecule has 4 heteroatoms. The number of rotatable bonds is 4. The molecule has 1 N–H and O–H groups in total. The van der Waals surface area contributed by atoms with E-state index in [9.17, 15) is 0 Å². The molecule has 0 spiro atoms. The molecule has 1 aromatic carbocycles. The molecule has 106 valence electrons. The van der Waals surface area contributed by atoms with E-state index in [-0.39, 0.29) is 0 Å². The van der Waals surface area contributed by atoms with Gasteiger partial charge < -0.3 is 5.32 Å². The van der Waals surface area contributed by atoms with Crippen molar-refractivity contribution in [1.29, 1.82) is 0 Å². The van der Waals surface area contributed by atoms with Gasteiger partial charge in [-0.05, 0) is 26.9 Å². The molecule has 20 heavy (non-hydrogen) atoms. The molecular formula is C16H21N3S. The van der Waals surface area contributed by atoms with Crippen LogP contribution in [0.1, 0.15) is 17.7 Å². The highest BCUT2D eigenvalue weighted by atomic mass is 32.1. The second-order valence-electron chi connectivity index (χ2n) is 5.57. The summed E-state index contributed by atoms with van der Waals surface area (Å²) < 4.78 is 0. The van der Waals surface area contributed by atoms with Crippen molar-refractivity contribution in [3.8, 4) is 10.6 Å². The lowest BCUT2D eigenvalue weighted by Crippen LogP contribution is -2.32. The number of benzene rings is 1. The number of aryl methyl sites for hydroxylation is 1. The molecule has 1 aliphatic heterocycles. The van der Waals surface area contributed by atoms with E-state index in [1.165, 1.54) is 23.2 Å². The highest BCUT2D eigenvalue weighted by Gasteiger charge is 2.19. The molecule has 1 saturated heterocycles. The Morgan fingerprint density at radius 1 is 1.35 bits per heavy atom. The Kier molecular flexibility index (Phi) is 4.15. The minimum atomic E-state index is 0.652. The van der Waals surface area contributed by atoms with E-state index in [1.807, 2.05) is 0 Å². The van der Waals surface area contributed by atoms with Gasteiger partial charge in [0.2, 0.25) is 0 Å². The van der Waals surface area contributed by atoms with Crippen LogP contribution < -0.4 is 5.32 Å². The number of likely N-dealkylation sites (N-methyl/N-ethyl adjacent to an activating group) is 1. The Hall–Kier alpha value is -1.23. The first-order valence-corrected chi connectivity index (χ1v) is 8.03. The number of nitrogens with zero attached hydrogens (tertiary/aromatic N) is 2. The number of nitrogens with one attached hydrogen (secondary N) is 1. The van der Waals surface area contributed by atoms with Gasteiger partial charge >= 0.3 is 0 Å². The number of thiazole rings is 1. The third-order valence-corrected chi connectivity index (χ3v) is 4.86. The van der Waals surface area contributed by atoms with E-state index >= 15 is 0 Å². The third kappa shape index (κ3) is 3.08. The predicted molar refractivity (Wildman–Crippen MR) is 85.0 cm³/mol. The Bertz CT molecular complexity index is 555. The highest BCUT2D eigenvalue weighted by Crippen LogP contribution is 2.24. The first kappa shape index (κ1) is 13.7. The first-order chi connectivity index (χ1) is 9.72. The van der Waals surface area contributed by atoms with Gasteiger partial charge in [0, 0.05) is 30.1 Å². The maximum absolute atomic E-state index is 4.78. The summed E-state index contributed by atoms with van der Waals surface area (Å²) in [6.07, 6.45) is 1.24. The zero-order chi connectivity index (χ0) is 13.9. The van der Waals surface area contributed by atoms with Crippen LogP contribution in [0, 0.1) is 6.92 Å². The van der Waals surface area contributed by atoms with Crippen molar-refractivity contribution in [1.82, 2.24) is 15.2 Å². The van der Waals surface area contributed by atoms with Crippen LogP contribution in [0.15, 0.2) is 29.6 Å². The van der Waals surface area contributed by atoms with Crippen LogP contribution in [-0.2, 0) is 6.54 Å². The average Bonchev–Trinajstić information content (AvgIpc) is 3.10. The molecular weight excluding hydrogens is 266 g/mol.